The van der Waals surface area contributed by atoms with Crippen molar-refractivity contribution in [3.05, 3.63) is 62.6 Å². The fraction of sp³-hybridized carbons (Fsp3) is 0.385. The van der Waals surface area contributed by atoms with Crippen LogP contribution in [0.2, 0.25) is 5.02 Å². The molecule has 1 atom stereocenters. The lowest BCUT2D eigenvalue weighted by molar-refractivity contribution is -0.132. The van der Waals surface area contributed by atoms with Crippen molar-refractivity contribution in [2.24, 2.45) is 0 Å². The van der Waals surface area contributed by atoms with Gasteiger partial charge in [0.05, 0.1) is 12.2 Å². The average Bonchev–Trinajstić information content (AvgIpc) is 3.05. The summed E-state index contributed by atoms with van der Waals surface area (Å²) in [6.45, 7) is 9.46. The van der Waals surface area contributed by atoms with Gasteiger partial charge in [0, 0.05) is 45.8 Å². The topological polar surface area (TPSA) is 84.9 Å². The second kappa shape index (κ2) is 11.9. The van der Waals surface area contributed by atoms with E-state index in [1.54, 1.807) is 41.3 Å². The molecule has 3 rings (SSSR count). The highest BCUT2D eigenvalue weighted by Crippen LogP contribution is 2.49. The van der Waals surface area contributed by atoms with Gasteiger partial charge in [0.1, 0.15) is 0 Å². The molecule has 1 aliphatic heterocycles. The Labute approximate surface area is 219 Å². The second-order valence-electron chi connectivity index (χ2n) is 8.04. The van der Waals surface area contributed by atoms with Crippen LogP contribution in [-0.2, 0) is 10.4 Å². The average molecular weight is 562 g/mol. The number of aliphatic hydroxyl groups is 1. The number of nitrogens with zero attached hydrogens (tertiary/aromatic N) is 2. The number of halogens is 2. The highest BCUT2D eigenvalue weighted by Gasteiger charge is 2.53. The first-order chi connectivity index (χ1) is 16.8. The SMILES string of the molecule is CCNC(=O)NCC#Cc1cc(Br)c2c(c1)N(CCN(CC)CC)C(=O)C2(O)c1ccccc1Cl. The molecule has 0 aromatic heterocycles. The summed E-state index contributed by atoms with van der Waals surface area (Å²) in [6, 6.07) is 10.1. The maximum Gasteiger partial charge on any atom is 0.315 e. The molecule has 0 saturated heterocycles. The summed E-state index contributed by atoms with van der Waals surface area (Å²) in [5, 5.41) is 17.5. The zero-order valence-corrected chi connectivity index (χ0v) is 22.5. The number of fused-ring (bicyclic) bond motifs is 1. The van der Waals surface area contributed by atoms with Gasteiger partial charge in [-0.25, -0.2) is 4.79 Å². The molecule has 1 heterocycles. The minimum atomic E-state index is -1.93. The Bertz CT molecular complexity index is 1160. The van der Waals surface area contributed by atoms with Gasteiger partial charge >= 0.3 is 6.03 Å². The first-order valence-corrected chi connectivity index (χ1v) is 12.8. The summed E-state index contributed by atoms with van der Waals surface area (Å²) in [5.41, 5.74) is 0.0871. The van der Waals surface area contributed by atoms with Crippen LogP contribution in [0.5, 0.6) is 0 Å². The molecule has 1 unspecified atom stereocenters. The third-order valence-corrected chi connectivity index (χ3v) is 6.94. The van der Waals surface area contributed by atoms with Crippen molar-refractivity contribution < 1.29 is 14.7 Å². The molecule has 0 spiro atoms. The molecule has 9 heteroatoms. The standard InChI is InChI=1S/C26H30BrClN4O3/c1-4-29-25(34)30-13-9-10-18-16-20(27)23-22(17-18)32(15-14-31(5-2)6-3)24(33)26(23,35)19-11-7-8-12-21(19)28/h7-8,11-12,16-17,35H,4-6,13-15H2,1-3H3,(H2,29,30,34). The summed E-state index contributed by atoms with van der Waals surface area (Å²) >= 11 is 10.0. The van der Waals surface area contributed by atoms with Crippen molar-refractivity contribution in [1.29, 1.82) is 0 Å². The number of anilines is 1. The fourth-order valence-electron chi connectivity index (χ4n) is 4.15. The van der Waals surface area contributed by atoms with Crippen molar-refractivity contribution >= 4 is 45.2 Å². The Hall–Kier alpha value is -2.57. The van der Waals surface area contributed by atoms with Crippen LogP contribution in [0.25, 0.3) is 0 Å². The Balaban J connectivity index is 2.03. The minimum Gasteiger partial charge on any atom is -0.372 e. The highest BCUT2D eigenvalue weighted by atomic mass is 79.9. The molecule has 3 amide bonds. The lowest BCUT2D eigenvalue weighted by Gasteiger charge is -2.26. The van der Waals surface area contributed by atoms with Crippen LogP contribution in [0.4, 0.5) is 10.5 Å². The molecule has 0 bridgehead atoms. The zero-order valence-electron chi connectivity index (χ0n) is 20.1. The van der Waals surface area contributed by atoms with Crippen LogP contribution in [0.15, 0.2) is 40.9 Å². The number of benzene rings is 2. The Kier molecular flexibility index (Phi) is 9.20. The third kappa shape index (κ3) is 5.65. The Morgan fingerprint density at radius 2 is 1.91 bits per heavy atom. The fourth-order valence-corrected chi connectivity index (χ4v) is 5.16. The van der Waals surface area contributed by atoms with Crippen molar-refractivity contribution in [3.8, 4) is 11.8 Å². The van der Waals surface area contributed by atoms with Gasteiger partial charge in [0.15, 0.2) is 5.60 Å². The van der Waals surface area contributed by atoms with E-state index in [1.807, 2.05) is 6.92 Å². The molecule has 2 aromatic carbocycles. The molecule has 0 radical (unpaired) electrons. The van der Waals surface area contributed by atoms with E-state index in [2.05, 4.69) is 57.2 Å². The smallest absolute Gasteiger partial charge is 0.315 e. The van der Waals surface area contributed by atoms with Crippen LogP contribution < -0.4 is 15.5 Å². The largest absolute Gasteiger partial charge is 0.372 e. The first-order valence-electron chi connectivity index (χ1n) is 11.6. The van der Waals surface area contributed by atoms with Crippen molar-refractivity contribution in [1.82, 2.24) is 15.5 Å². The van der Waals surface area contributed by atoms with Crippen LogP contribution in [0.1, 0.15) is 37.5 Å². The number of nitrogens with one attached hydrogen (secondary N) is 2. The zero-order chi connectivity index (χ0) is 25.6. The van der Waals surface area contributed by atoms with Gasteiger partial charge in [-0.3, -0.25) is 4.79 Å². The molecule has 1 aliphatic rings. The molecule has 186 valence electrons. The Morgan fingerprint density at radius 1 is 1.20 bits per heavy atom. The molecule has 0 saturated carbocycles. The van der Waals surface area contributed by atoms with Gasteiger partial charge in [-0.2, -0.15) is 0 Å². The lowest BCUT2D eigenvalue weighted by atomic mass is 9.87. The summed E-state index contributed by atoms with van der Waals surface area (Å²) < 4.78 is 0.553. The van der Waals surface area contributed by atoms with E-state index in [4.69, 9.17) is 11.6 Å². The predicted molar refractivity (Wildman–Crippen MR) is 143 cm³/mol. The number of amides is 3. The van der Waals surface area contributed by atoms with E-state index in [0.29, 0.717) is 51.5 Å². The van der Waals surface area contributed by atoms with Crippen LogP contribution in [0.3, 0.4) is 0 Å². The van der Waals surface area contributed by atoms with Gasteiger partial charge in [-0.05, 0) is 38.2 Å². The quantitative estimate of drug-likeness (QED) is 0.429. The highest BCUT2D eigenvalue weighted by molar-refractivity contribution is 9.10. The van der Waals surface area contributed by atoms with E-state index < -0.39 is 11.5 Å². The van der Waals surface area contributed by atoms with Gasteiger partial charge < -0.3 is 25.5 Å². The maximum absolute atomic E-state index is 13.8. The van der Waals surface area contributed by atoms with E-state index in [9.17, 15) is 14.7 Å². The summed E-state index contributed by atoms with van der Waals surface area (Å²) in [7, 11) is 0. The van der Waals surface area contributed by atoms with Gasteiger partial charge in [0.25, 0.3) is 5.91 Å². The number of urea groups is 1. The van der Waals surface area contributed by atoms with E-state index in [0.717, 1.165) is 13.1 Å². The molecule has 35 heavy (non-hydrogen) atoms. The molecule has 7 nitrogen and oxygen atoms in total. The molecule has 0 fully saturated rings. The van der Waals surface area contributed by atoms with Gasteiger partial charge in [0.2, 0.25) is 0 Å². The molecule has 0 aliphatic carbocycles. The van der Waals surface area contributed by atoms with E-state index >= 15 is 0 Å². The molecule has 2 aromatic rings. The second-order valence-corrected chi connectivity index (χ2v) is 9.30. The molecular weight excluding hydrogens is 532 g/mol. The third-order valence-electron chi connectivity index (χ3n) is 5.98. The van der Waals surface area contributed by atoms with Crippen molar-refractivity contribution in [2.75, 3.05) is 44.2 Å². The number of likely N-dealkylation sites (N-methyl/N-ethyl adjacent to an activating group) is 1. The van der Waals surface area contributed by atoms with Crippen LogP contribution in [-0.4, -0.2) is 61.2 Å². The summed E-state index contributed by atoms with van der Waals surface area (Å²) in [4.78, 5) is 29.2. The number of carbonyl (C=O) groups is 2. The molecular formula is C26H30BrClN4O3. The number of hydrogen-bond acceptors (Lipinski definition) is 4. The van der Waals surface area contributed by atoms with Crippen molar-refractivity contribution in [2.45, 2.75) is 26.4 Å². The lowest BCUT2D eigenvalue weighted by Crippen LogP contribution is -2.44. The summed E-state index contributed by atoms with van der Waals surface area (Å²) in [6.07, 6.45) is 0. The number of hydrogen-bond donors (Lipinski definition) is 3. The first kappa shape index (κ1) is 27.0. The number of carbonyl (C=O) groups excluding carboxylic acids is 2. The maximum atomic E-state index is 13.8. The summed E-state index contributed by atoms with van der Waals surface area (Å²) in [5.74, 6) is 5.51. The van der Waals surface area contributed by atoms with Crippen molar-refractivity contribution in [3.63, 3.8) is 0 Å². The van der Waals surface area contributed by atoms with E-state index in [-0.39, 0.29) is 12.6 Å². The normalized spacial score (nSPS) is 16.7. The number of rotatable bonds is 8. The predicted octanol–water partition coefficient (Wildman–Crippen LogP) is 3.70. The minimum absolute atomic E-state index is 0.175. The molecule has 3 N–H and O–H groups in total. The van der Waals surface area contributed by atoms with E-state index in [1.165, 1.54) is 0 Å². The van der Waals surface area contributed by atoms with Crippen LogP contribution in [0, 0.1) is 11.8 Å². The van der Waals surface area contributed by atoms with Gasteiger partial charge in [-0.15, -0.1) is 0 Å². The Morgan fingerprint density at radius 3 is 2.57 bits per heavy atom. The van der Waals surface area contributed by atoms with Crippen LogP contribution >= 0.6 is 27.5 Å². The monoisotopic (exact) mass is 560 g/mol. The van der Waals surface area contributed by atoms with Gasteiger partial charge in [-0.1, -0.05) is 71.4 Å².